The molecule has 2 N–H and O–H groups in total. The van der Waals surface area contributed by atoms with E-state index >= 15 is 0 Å². The van der Waals surface area contributed by atoms with Gasteiger partial charge in [-0.2, -0.15) is 0 Å². The Labute approximate surface area is 126 Å². The highest BCUT2D eigenvalue weighted by molar-refractivity contribution is 5.67. The average molecular weight is 295 g/mol. The van der Waals surface area contributed by atoms with E-state index in [-0.39, 0.29) is 0 Å². The van der Waals surface area contributed by atoms with Crippen molar-refractivity contribution in [3.05, 3.63) is 18.3 Å². The van der Waals surface area contributed by atoms with E-state index in [1.807, 2.05) is 39.8 Å². The lowest BCUT2D eigenvalue weighted by Gasteiger charge is -2.19. The molecule has 1 amide bonds. The smallest absolute Gasteiger partial charge is 0.407 e. The molecule has 0 atom stereocenters. The lowest BCUT2D eigenvalue weighted by atomic mass is 10.2. The highest BCUT2D eigenvalue weighted by Gasteiger charge is 2.15. The van der Waals surface area contributed by atoms with Gasteiger partial charge in [-0.1, -0.05) is 6.92 Å². The molecule has 0 saturated heterocycles. The summed E-state index contributed by atoms with van der Waals surface area (Å²) in [7, 11) is 0. The van der Waals surface area contributed by atoms with E-state index < -0.39 is 11.7 Å². The maximum Gasteiger partial charge on any atom is 0.407 e. The van der Waals surface area contributed by atoms with Crippen molar-refractivity contribution in [3.63, 3.8) is 0 Å². The highest BCUT2D eigenvalue weighted by atomic mass is 16.6. The third-order valence-corrected chi connectivity index (χ3v) is 2.32. The summed E-state index contributed by atoms with van der Waals surface area (Å²) in [5, 5.41) is 5.81. The maximum atomic E-state index is 11.5. The number of hydrogen-bond donors (Lipinski definition) is 2. The predicted octanol–water partition coefficient (Wildman–Crippen LogP) is 2.81. The number of amides is 1. The van der Waals surface area contributed by atoms with Crippen molar-refractivity contribution in [2.24, 2.45) is 0 Å². The molecular weight excluding hydrogens is 270 g/mol. The first kappa shape index (κ1) is 17.1. The number of alkyl carbamates (subject to hydrolysis) is 1. The van der Waals surface area contributed by atoms with Gasteiger partial charge < -0.3 is 20.1 Å². The number of carbonyl (C=O) groups excluding carboxylic acids is 1. The molecule has 6 nitrogen and oxygen atoms in total. The van der Waals surface area contributed by atoms with Gasteiger partial charge in [-0.05, 0) is 39.3 Å². The van der Waals surface area contributed by atoms with Crippen LogP contribution in [0.4, 0.5) is 10.6 Å². The molecule has 118 valence electrons. The van der Waals surface area contributed by atoms with Crippen LogP contribution in [0.1, 0.15) is 34.1 Å². The topological polar surface area (TPSA) is 72.5 Å². The van der Waals surface area contributed by atoms with Crippen molar-refractivity contribution in [3.8, 4) is 5.75 Å². The average Bonchev–Trinajstić information content (AvgIpc) is 2.40. The van der Waals surface area contributed by atoms with Gasteiger partial charge >= 0.3 is 6.09 Å². The third kappa shape index (κ3) is 7.39. The molecule has 0 saturated carbocycles. The zero-order valence-electron chi connectivity index (χ0n) is 13.2. The lowest BCUT2D eigenvalue weighted by molar-refractivity contribution is 0.0530. The molecule has 21 heavy (non-hydrogen) atoms. The number of nitrogens with zero attached hydrogens (tertiary/aromatic N) is 1. The van der Waals surface area contributed by atoms with Gasteiger partial charge in [0.1, 0.15) is 5.60 Å². The Hall–Kier alpha value is -1.98. The molecule has 1 aromatic heterocycles. The molecule has 0 fully saturated rings. The van der Waals surface area contributed by atoms with E-state index in [1.54, 1.807) is 6.20 Å². The van der Waals surface area contributed by atoms with Crippen LogP contribution in [0.25, 0.3) is 0 Å². The van der Waals surface area contributed by atoms with Gasteiger partial charge in [-0.15, -0.1) is 0 Å². The monoisotopic (exact) mass is 295 g/mol. The minimum absolute atomic E-state index is 0.423. The fourth-order valence-electron chi connectivity index (χ4n) is 1.51. The van der Waals surface area contributed by atoms with Gasteiger partial charge in [0, 0.05) is 19.3 Å². The molecule has 0 aliphatic rings. The quantitative estimate of drug-likeness (QED) is 0.757. The minimum Gasteiger partial charge on any atom is -0.490 e. The van der Waals surface area contributed by atoms with Crippen LogP contribution < -0.4 is 15.4 Å². The summed E-state index contributed by atoms with van der Waals surface area (Å²) in [6.07, 6.45) is 2.21. The molecule has 0 spiro atoms. The molecule has 1 aromatic rings. The Morgan fingerprint density at radius 1 is 1.33 bits per heavy atom. The van der Waals surface area contributed by atoms with Gasteiger partial charge in [0.2, 0.25) is 0 Å². The summed E-state index contributed by atoms with van der Waals surface area (Å²) < 4.78 is 10.7. The molecule has 0 bridgehead atoms. The molecule has 1 heterocycles. The SMILES string of the molecule is CCCOc1cccnc1NCCNC(=O)OC(C)(C)C. The Balaban J connectivity index is 2.34. The maximum absolute atomic E-state index is 11.5. The molecule has 0 aliphatic heterocycles. The van der Waals surface area contributed by atoms with Crippen molar-refractivity contribution < 1.29 is 14.3 Å². The molecule has 0 radical (unpaired) electrons. The van der Waals surface area contributed by atoms with E-state index in [1.165, 1.54) is 0 Å². The van der Waals surface area contributed by atoms with Crippen LogP contribution >= 0.6 is 0 Å². The van der Waals surface area contributed by atoms with Crippen molar-refractivity contribution in [1.82, 2.24) is 10.3 Å². The summed E-state index contributed by atoms with van der Waals surface area (Å²) in [6.45, 7) is 9.17. The third-order valence-electron chi connectivity index (χ3n) is 2.32. The molecule has 0 aliphatic carbocycles. The first-order valence-corrected chi connectivity index (χ1v) is 7.21. The summed E-state index contributed by atoms with van der Waals surface area (Å²) in [4.78, 5) is 15.7. The summed E-state index contributed by atoms with van der Waals surface area (Å²) in [5.74, 6) is 1.40. The van der Waals surface area contributed by atoms with Crippen LogP contribution in [-0.2, 0) is 4.74 Å². The second-order valence-corrected chi connectivity index (χ2v) is 5.55. The normalized spacial score (nSPS) is 10.9. The van der Waals surface area contributed by atoms with E-state index in [0.717, 1.165) is 12.2 Å². The molecule has 1 rings (SSSR count). The summed E-state index contributed by atoms with van der Waals surface area (Å²) >= 11 is 0. The number of pyridine rings is 1. The van der Waals surface area contributed by atoms with Crippen LogP contribution in [0.2, 0.25) is 0 Å². The van der Waals surface area contributed by atoms with Gasteiger partial charge in [0.15, 0.2) is 11.6 Å². The van der Waals surface area contributed by atoms with E-state index in [9.17, 15) is 4.79 Å². The van der Waals surface area contributed by atoms with Crippen LogP contribution in [0, 0.1) is 0 Å². The second-order valence-electron chi connectivity index (χ2n) is 5.55. The Morgan fingerprint density at radius 2 is 2.10 bits per heavy atom. The number of aromatic nitrogens is 1. The van der Waals surface area contributed by atoms with E-state index in [0.29, 0.717) is 25.5 Å². The Kier molecular flexibility index (Phi) is 6.78. The molecule has 6 heteroatoms. The van der Waals surface area contributed by atoms with Crippen molar-refractivity contribution in [2.45, 2.75) is 39.7 Å². The number of carbonyl (C=O) groups is 1. The first-order valence-electron chi connectivity index (χ1n) is 7.21. The summed E-state index contributed by atoms with van der Waals surface area (Å²) in [6, 6.07) is 3.70. The largest absolute Gasteiger partial charge is 0.490 e. The lowest BCUT2D eigenvalue weighted by Crippen LogP contribution is -2.35. The number of nitrogens with one attached hydrogen (secondary N) is 2. The van der Waals surface area contributed by atoms with Crippen LogP contribution in [0.5, 0.6) is 5.75 Å². The van der Waals surface area contributed by atoms with E-state index in [2.05, 4.69) is 15.6 Å². The highest BCUT2D eigenvalue weighted by Crippen LogP contribution is 2.20. The summed E-state index contributed by atoms with van der Waals surface area (Å²) in [5.41, 5.74) is -0.486. The first-order chi connectivity index (χ1) is 9.92. The van der Waals surface area contributed by atoms with E-state index in [4.69, 9.17) is 9.47 Å². The van der Waals surface area contributed by atoms with Crippen LogP contribution in [0.3, 0.4) is 0 Å². The van der Waals surface area contributed by atoms with Crippen molar-refractivity contribution >= 4 is 11.9 Å². The number of ether oxygens (including phenoxy) is 2. The number of rotatable bonds is 7. The van der Waals surface area contributed by atoms with Crippen molar-refractivity contribution in [2.75, 3.05) is 25.0 Å². The van der Waals surface area contributed by atoms with Crippen LogP contribution in [-0.4, -0.2) is 36.4 Å². The molecular formula is C15H25N3O3. The van der Waals surface area contributed by atoms with Crippen LogP contribution in [0.15, 0.2) is 18.3 Å². The second kappa shape index (κ2) is 8.34. The fraction of sp³-hybridized carbons (Fsp3) is 0.600. The zero-order chi connectivity index (χ0) is 15.7. The Bertz CT molecular complexity index is 444. The Morgan fingerprint density at radius 3 is 2.76 bits per heavy atom. The molecule has 0 aromatic carbocycles. The van der Waals surface area contributed by atoms with Gasteiger partial charge in [-0.25, -0.2) is 9.78 Å². The van der Waals surface area contributed by atoms with Gasteiger partial charge in [0.25, 0.3) is 0 Å². The van der Waals surface area contributed by atoms with Gasteiger partial charge in [0.05, 0.1) is 6.61 Å². The molecule has 0 unspecified atom stereocenters. The predicted molar refractivity (Wildman–Crippen MR) is 82.7 cm³/mol. The standard InChI is InChI=1S/C15H25N3O3/c1-5-11-20-12-7-6-8-16-13(12)17-9-10-18-14(19)21-15(2,3)4/h6-8H,5,9-11H2,1-4H3,(H,16,17)(H,18,19). The number of anilines is 1. The minimum atomic E-state index is -0.486. The number of hydrogen-bond acceptors (Lipinski definition) is 5. The fourth-order valence-corrected chi connectivity index (χ4v) is 1.51. The van der Waals surface area contributed by atoms with Gasteiger partial charge in [-0.3, -0.25) is 0 Å². The van der Waals surface area contributed by atoms with Crippen molar-refractivity contribution in [1.29, 1.82) is 0 Å². The zero-order valence-corrected chi connectivity index (χ0v) is 13.2.